The number of methoxy groups -OCH3 is 2. The number of aromatic amines is 1. The number of hydrogen-bond donors (Lipinski definition) is 1. The number of nitrogens with zero attached hydrogens (tertiary/aromatic N) is 1. The van der Waals surface area contributed by atoms with E-state index in [9.17, 15) is 0 Å². The summed E-state index contributed by atoms with van der Waals surface area (Å²) in [6, 6.07) is 9.77. The highest BCUT2D eigenvalue weighted by Gasteiger charge is 2.13. The highest BCUT2D eigenvalue weighted by atomic mass is 79.9. The zero-order valence-electron chi connectivity index (χ0n) is 12.0. The molecule has 3 rings (SSSR count). The van der Waals surface area contributed by atoms with Gasteiger partial charge in [-0.15, -0.1) is 0 Å². The Morgan fingerprint density at radius 1 is 1.10 bits per heavy atom. The Balaban J connectivity index is 2.18. The van der Waals surface area contributed by atoms with Crippen LogP contribution in [0.1, 0.15) is 5.56 Å². The third kappa shape index (κ3) is 2.49. The summed E-state index contributed by atoms with van der Waals surface area (Å²) in [6.07, 6.45) is 0. The third-order valence-corrected chi connectivity index (χ3v) is 3.86. The first kappa shape index (κ1) is 13.9. The smallest absolute Gasteiger partial charge is 0.142 e. The van der Waals surface area contributed by atoms with E-state index in [0.29, 0.717) is 0 Å². The number of H-pyrrole nitrogens is 1. The van der Waals surface area contributed by atoms with Crippen LogP contribution in [0.2, 0.25) is 0 Å². The molecule has 0 spiro atoms. The van der Waals surface area contributed by atoms with Crippen molar-refractivity contribution in [3.63, 3.8) is 0 Å². The van der Waals surface area contributed by atoms with Crippen molar-refractivity contribution >= 4 is 27.0 Å². The van der Waals surface area contributed by atoms with E-state index in [0.717, 1.165) is 44.0 Å². The molecule has 0 aliphatic heterocycles. The van der Waals surface area contributed by atoms with Crippen molar-refractivity contribution in [3.8, 4) is 22.9 Å². The van der Waals surface area contributed by atoms with Crippen LogP contribution in [0.3, 0.4) is 0 Å². The van der Waals surface area contributed by atoms with Gasteiger partial charge in [-0.2, -0.15) is 0 Å². The largest absolute Gasteiger partial charge is 0.497 e. The summed E-state index contributed by atoms with van der Waals surface area (Å²) in [7, 11) is 3.28. The number of nitrogens with one attached hydrogen (secondary N) is 1. The van der Waals surface area contributed by atoms with E-state index in [1.54, 1.807) is 14.2 Å². The maximum Gasteiger partial charge on any atom is 0.142 e. The molecule has 0 saturated carbocycles. The van der Waals surface area contributed by atoms with Gasteiger partial charge in [0.25, 0.3) is 0 Å². The average Bonchev–Trinajstić information content (AvgIpc) is 2.90. The van der Waals surface area contributed by atoms with Gasteiger partial charge in [0.1, 0.15) is 17.3 Å². The average molecular weight is 347 g/mol. The van der Waals surface area contributed by atoms with Crippen LogP contribution in [0.25, 0.3) is 22.4 Å². The van der Waals surface area contributed by atoms with E-state index < -0.39 is 0 Å². The summed E-state index contributed by atoms with van der Waals surface area (Å²) in [5.41, 5.74) is 3.99. The zero-order chi connectivity index (χ0) is 15.0. The van der Waals surface area contributed by atoms with Gasteiger partial charge in [0.2, 0.25) is 0 Å². The molecule has 0 aliphatic rings. The lowest BCUT2D eigenvalue weighted by molar-refractivity contribution is 0.395. The number of aryl methyl sites for hydroxylation is 1. The third-order valence-electron chi connectivity index (χ3n) is 3.41. The molecule has 3 aromatic rings. The second kappa shape index (κ2) is 5.41. The number of hydrogen-bond acceptors (Lipinski definition) is 3. The van der Waals surface area contributed by atoms with Gasteiger partial charge in [0, 0.05) is 10.5 Å². The maximum atomic E-state index is 5.44. The Morgan fingerprint density at radius 2 is 1.90 bits per heavy atom. The molecule has 0 atom stereocenters. The summed E-state index contributed by atoms with van der Waals surface area (Å²) in [5.74, 6) is 2.27. The fraction of sp³-hybridized carbons (Fsp3) is 0.188. The number of aromatic nitrogens is 2. The van der Waals surface area contributed by atoms with Gasteiger partial charge < -0.3 is 14.5 Å². The van der Waals surface area contributed by atoms with Crippen LogP contribution < -0.4 is 9.47 Å². The van der Waals surface area contributed by atoms with Gasteiger partial charge in [0.05, 0.1) is 30.8 Å². The minimum atomic E-state index is 0.727. The second-order valence-corrected chi connectivity index (χ2v) is 5.69. The Hall–Kier alpha value is -2.01. The molecule has 0 amide bonds. The molecular formula is C16H15BrN2O2. The molecule has 1 N–H and O–H groups in total. The fourth-order valence-corrected chi connectivity index (χ4v) is 2.94. The number of rotatable bonds is 3. The van der Waals surface area contributed by atoms with Crippen LogP contribution in [0.15, 0.2) is 34.8 Å². The highest BCUT2D eigenvalue weighted by Crippen LogP contribution is 2.33. The van der Waals surface area contributed by atoms with Crippen LogP contribution in [-0.2, 0) is 0 Å². The van der Waals surface area contributed by atoms with Gasteiger partial charge in [-0.05, 0) is 36.8 Å². The second-order valence-electron chi connectivity index (χ2n) is 4.77. The minimum Gasteiger partial charge on any atom is -0.497 e. The van der Waals surface area contributed by atoms with Crippen molar-refractivity contribution in [3.05, 3.63) is 40.4 Å². The van der Waals surface area contributed by atoms with Gasteiger partial charge in [0.15, 0.2) is 0 Å². The van der Waals surface area contributed by atoms with Crippen LogP contribution >= 0.6 is 15.9 Å². The molecule has 5 heteroatoms. The van der Waals surface area contributed by atoms with Crippen molar-refractivity contribution < 1.29 is 9.47 Å². The van der Waals surface area contributed by atoms with E-state index in [1.165, 1.54) is 0 Å². The molecule has 4 nitrogen and oxygen atoms in total. The van der Waals surface area contributed by atoms with E-state index in [-0.39, 0.29) is 0 Å². The Labute approximate surface area is 131 Å². The Kier molecular flexibility index (Phi) is 3.59. The summed E-state index contributed by atoms with van der Waals surface area (Å²) >= 11 is 3.51. The summed E-state index contributed by atoms with van der Waals surface area (Å²) < 4.78 is 11.7. The predicted octanol–water partition coefficient (Wildman–Crippen LogP) is 4.32. The number of fused-ring (bicyclic) bond motifs is 1. The van der Waals surface area contributed by atoms with E-state index in [1.807, 2.05) is 31.2 Å². The molecule has 0 saturated heterocycles. The number of imidazole rings is 1. The Morgan fingerprint density at radius 3 is 2.62 bits per heavy atom. The van der Waals surface area contributed by atoms with Gasteiger partial charge in [-0.3, -0.25) is 0 Å². The molecule has 2 aromatic carbocycles. The normalized spacial score (nSPS) is 10.9. The van der Waals surface area contributed by atoms with Crippen molar-refractivity contribution in [2.45, 2.75) is 6.92 Å². The van der Waals surface area contributed by atoms with Crippen molar-refractivity contribution in [2.75, 3.05) is 14.2 Å². The van der Waals surface area contributed by atoms with Crippen molar-refractivity contribution in [2.24, 2.45) is 0 Å². The molecule has 108 valence electrons. The standard InChI is InChI=1S/C16H15BrN2O2/c1-9-6-10(17)7-13-15(9)19-16(18-13)12-5-4-11(20-2)8-14(12)21-3/h4-8H,1-3H3,(H,18,19). The van der Waals surface area contributed by atoms with Crippen molar-refractivity contribution in [1.29, 1.82) is 0 Å². The first-order valence-electron chi connectivity index (χ1n) is 6.50. The van der Waals surface area contributed by atoms with E-state index in [4.69, 9.17) is 14.5 Å². The van der Waals surface area contributed by atoms with Gasteiger partial charge in [-0.25, -0.2) is 4.98 Å². The highest BCUT2D eigenvalue weighted by molar-refractivity contribution is 9.10. The lowest BCUT2D eigenvalue weighted by atomic mass is 10.2. The Bertz CT molecular complexity index is 811. The first-order chi connectivity index (χ1) is 10.1. The molecule has 1 aromatic heterocycles. The topological polar surface area (TPSA) is 47.1 Å². The van der Waals surface area contributed by atoms with Crippen LogP contribution in [0.5, 0.6) is 11.5 Å². The predicted molar refractivity (Wildman–Crippen MR) is 87.1 cm³/mol. The maximum absolute atomic E-state index is 5.44. The molecule has 21 heavy (non-hydrogen) atoms. The monoisotopic (exact) mass is 346 g/mol. The van der Waals surface area contributed by atoms with Crippen LogP contribution in [-0.4, -0.2) is 24.2 Å². The molecule has 0 fully saturated rings. The number of benzene rings is 2. The van der Waals surface area contributed by atoms with E-state index >= 15 is 0 Å². The van der Waals surface area contributed by atoms with Crippen molar-refractivity contribution in [1.82, 2.24) is 9.97 Å². The molecule has 0 bridgehead atoms. The summed E-state index contributed by atoms with van der Waals surface area (Å²) in [4.78, 5) is 8.03. The van der Waals surface area contributed by atoms with E-state index in [2.05, 4.69) is 27.0 Å². The fourth-order valence-electron chi connectivity index (χ4n) is 2.37. The number of ether oxygens (including phenoxy) is 2. The van der Waals surface area contributed by atoms with Crippen LogP contribution in [0.4, 0.5) is 0 Å². The lowest BCUT2D eigenvalue weighted by Gasteiger charge is -2.08. The molecule has 0 radical (unpaired) electrons. The molecule has 0 aliphatic carbocycles. The van der Waals surface area contributed by atoms with Crippen LogP contribution in [0, 0.1) is 6.92 Å². The minimum absolute atomic E-state index is 0.727. The summed E-state index contributed by atoms with van der Waals surface area (Å²) in [6.45, 7) is 2.04. The quantitative estimate of drug-likeness (QED) is 0.768. The lowest BCUT2D eigenvalue weighted by Crippen LogP contribution is -1.91. The molecular weight excluding hydrogens is 332 g/mol. The van der Waals surface area contributed by atoms with Gasteiger partial charge in [-0.1, -0.05) is 15.9 Å². The molecule has 1 heterocycles. The molecule has 0 unspecified atom stereocenters. The summed E-state index contributed by atoms with van der Waals surface area (Å²) in [5, 5.41) is 0. The first-order valence-corrected chi connectivity index (χ1v) is 7.30. The zero-order valence-corrected chi connectivity index (χ0v) is 13.6. The van der Waals surface area contributed by atoms with Gasteiger partial charge >= 0.3 is 0 Å². The SMILES string of the molecule is COc1ccc(-c2nc3c(C)cc(Br)cc3[nH]2)c(OC)c1. The number of halogens is 1.